The maximum Gasteiger partial charge on any atom is 0.325 e. The predicted molar refractivity (Wildman–Crippen MR) is 91.8 cm³/mol. The summed E-state index contributed by atoms with van der Waals surface area (Å²) < 4.78 is 7.29. The number of carboxylic acids is 1. The van der Waals surface area contributed by atoms with E-state index in [1.54, 1.807) is 24.3 Å². The molecule has 2 N–H and O–H groups in total. The lowest BCUT2D eigenvalue weighted by atomic mass is 9.97. The molecule has 25 heavy (non-hydrogen) atoms. The molecular formula is C18H21N3O4. The van der Waals surface area contributed by atoms with Gasteiger partial charge in [0.1, 0.15) is 12.3 Å². The summed E-state index contributed by atoms with van der Waals surface area (Å²) in [5.74, 6) is -0.449. The molecule has 0 bridgehead atoms. The zero-order chi connectivity index (χ0) is 17.6. The minimum absolute atomic E-state index is 0.150. The van der Waals surface area contributed by atoms with Crippen LogP contribution < -0.4 is 10.1 Å². The van der Waals surface area contributed by atoms with Crippen LogP contribution in [0.4, 0.5) is 5.82 Å². The van der Waals surface area contributed by atoms with Crippen molar-refractivity contribution in [2.75, 3.05) is 5.32 Å². The largest absolute Gasteiger partial charge is 0.490 e. The smallest absolute Gasteiger partial charge is 0.325 e. The molecule has 1 aliphatic carbocycles. The maximum absolute atomic E-state index is 12.6. The molecule has 3 rings (SSSR count). The number of amides is 1. The Balaban J connectivity index is 1.69. The number of anilines is 1. The number of para-hydroxylation sites is 1. The van der Waals surface area contributed by atoms with Crippen molar-refractivity contribution in [1.29, 1.82) is 0 Å². The summed E-state index contributed by atoms with van der Waals surface area (Å²) in [5.41, 5.74) is 0.445. The summed E-state index contributed by atoms with van der Waals surface area (Å²) in [6.45, 7) is -0.253. The highest BCUT2D eigenvalue weighted by atomic mass is 16.5. The standard InChI is InChI=1S/C18H21N3O4/c22-17(23)12-21-11-10-16(20-21)19-18(24)14-8-4-5-9-15(14)25-13-6-2-1-3-7-13/h4-5,8-11,13H,1-3,6-7,12H2,(H,22,23)(H,19,20,24). The second-order valence-electron chi connectivity index (χ2n) is 6.12. The lowest BCUT2D eigenvalue weighted by molar-refractivity contribution is -0.137. The molecule has 0 aliphatic heterocycles. The van der Waals surface area contributed by atoms with Gasteiger partial charge in [-0.2, -0.15) is 5.10 Å². The Kier molecular flexibility index (Phi) is 5.33. The van der Waals surface area contributed by atoms with Crippen LogP contribution in [0.2, 0.25) is 0 Å². The first-order chi connectivity index (χ1) is 12.1. The van der Waals surface area contributed by atoms with Gasteiger partial charge < -0.3 is 15.2 Å². The van der Waals surface area contributed by atoms with Gasteiger partial charge in [0.2, 0.25) is 0 Å². The third kappa shape index (κ3) is 4.59. The normalized spacial score (nSPS) is 14.9. The molecule has 1 saturated carbocycles. The van der Waals surface area contributed by atoms with Crippen LogP contribution in [0.25, 0.3) is 0 Å². The van der Waals surface area contributed by atoms with Crippen molar-refractivity contribution in [2.24, 2.45) is 0 Å². The Labute approximate surface area is 145 Å². The number of hydrogen-bond acceptors (Lipinski definition) is 4. The molecule has 0 atom stereocenters. The predicted octanol–water partition coefficient (Wildman–Crippen LogP) is 2.93. The van der Waals surface area contributed by atoms with Crippen molar-refractivity contribution >= 4 is 17.7 Å². The van der Waals surface area contributed by atoms with E-state index in [9.17, 15) is 9.59 Å². The van der Waals surface area contributed by atoms with Gasteiger partial charge >= 0.3 is 5.97 Å². The molecule has 132 valence electrons. The summed E-state index contributed by atoms with van der Waals surface area (Å²) in [4.78, 5) is 23.2. The summed E-state index contributed by atoms with van der Waals surface area (Å²) in [6, 6.07) is 8.70. The van der Waals surface area contributed by atoms with Crippen LogP contribution in [0, 0.1) is 0 Å². The number of carbonyl (C=O) groups is 2. The number of nitrogens with one attached hydrogen (secondary N) is 1. The van der Waals surface area contributed by atoms with Crippen molar-refractivity contribution in [1.82, 2.24) is 9.78 Å². The van der Waals surface area contributed by atoms with E-state index in [2.05, 4.69) is 10.4 Å². The van der Waals surface area contributed by atoms with E-state index >= 15 is 0 Å². The van der Waals surface area contributed by atoms with Crippen LogP contribution in [0.1, 0.15) is 42.5 Å². The van der Waals surface area contributed by atoms with E-state index in [-0.39, 0.29) is 18.6 Å². The monoisotopic (exact) mass is 343 g/mol. The molecule has 0 radical (unpaired) electrons. The molecule has 1 fully saturated rings. The third-order valence-electron chi connectivity index (χ3n) is 4.16. The molecule has 0 saturated heterocycles. The number of carboxylic acid groups (broad SMARTS) is 1. The van der Waals surface area contributed by atoms with E-state index in [4.69, 9.17) is 9.84 Å². The van der Waals surface area contributed by atoms with Crippen LogP contribution in [0.3, 0.4) is 0 Å². The summed E-state index contributed by atoms with van der Waals surface area (Å²) in [6.07, 6.45) is 7.22. The molecule has 1 aromatic carbocycles. The second kappa shape index (κ2) is 7.83. The number of aliphatic carboxylic acids is 1. The first kappa shape index (κ1) is 17.0. The molecule has 7 heteroatoms. The highest BCUT2D eigenvalue weighted by molar-refractivity contribution is 6.05. The minimum atomic E-state index is -0.993. The number of carbonyl (C=O) groups excluding carboxylic acids is 1. The van der Waals surface area contributed by atoms with Gasteiger partial charge in [0.05, 0.1) is 11.7 Å². The number of nitrogens with zero attached hydrogens (tertiary/aromatic N) is 2. The quantitative estimate of drug-likeness (QED) is 0.841. The molecular weight excluding hydrogens is 322 g/mol. The van der Waals surface area contributed by atoms with E-state index in [1.807, 2.05) is 6.07 Å². The Hall–Kier alpha value is -2.83. The van der Waals surface area contributed by atoms with Crippen molar-refractivity contribution in [3.05, 3.63) is 42.1 Å². The van der Waals surface area contributed by atoms with Gasteiger partial charge in [0.25, 0.3) is 5.91 Å². The lowest BCUT2D eigenvalue weighted by Crippen LogP contribution is -2.22. The molecule has 0 unspecified atom stereocenters. The first-order valence-electron chi connectivity index (χ1n) is 8.44. The summed E-state index contributed by atoms with van der Waals surface area (Å²) in [5, 5.41) is 15.5. The third-order valence-corrected chi connectivity index (χ3v) is 4.16. The molecule has 1 heterocycles. The van der Waals surface area contributed by atoms with Crippen molar-refractivity contribution in [3.8, 4) is 5.75 Å². The molecule has 1 aromatic heterocycles. The zero-order valence-corrected chi connectivity index (χ0v) is 13.9. The number of hydrogen-bond donors (Lipinski definition) is 2. The molecule has 1 amide bonds. The highest BCUT2D eigenvalue weighted by Gasteiger charge is 2.19. The van der Waals surface area contributed by atoms with E-state index in [0.29, 0.717) is 17.1 Å². The Morgan fingerprint density at radius 3 is 2.72 bits per heavy atom. The number of rotatable bonds is 6. The number of benzene rings is 1. The van der Waals surface area contributed by atoms with Crippen LogP contribution in [0.5, 0.6) is 5.75 Å². The Morgan fingerprint density at radius 1 is 1.20 bits per heavy atom. The van der Waals surface area contributed by atoms with E-state index in [1.165, 1.54) is 17.3 Å². The van der Waals surface area contributed by atoms with Gasteiger partial charge in [-0.15, -0.1) is 0 Å². The zero-order valence-electron chi connectivity index (χ0n) is 13.9. The topological polar surface area (TPSA) is 93.5 Å². The fraction of sp³-hybridized carbons (Fsp3) is 0.389. The first-order valence-corrected chi connectivity index (χ1v) is 8.44. The fourth-order valence-corrected chi connectivity index (χ4v) is 2.96. The van der Waals surface area contributed by atoms with E-state index in [0.717, 1.165) is 25.7 Å². The van der Waals surface area contributed by atoms with Crippen molar-refractivity contribution in [3.63, 3.8) is 0 Å². The summed E-state index contributed by atoms with van der Waals surface area (Å²) >= 11 is 0. The van der Waals surface area contributed by atoms with Crippen LogP contribution in [0.15, 0.2) is 36.5 Å². The average Bonchev–Trinajstić information content (AvgIpc) is 3.02. The molecule has 0 spiro atoms. The van der Waals surface area contributed by atoms with Gasteiger partial charge in [-0.3, -0.25) is 14.3 Å². The fourth-order valence-electron chi connectivity index (χ4n) is 2.96. The van der Waals surface area contributed by atoms with Crippen molar-refractivity contribution < 1.29 is 19.4 Å². The lowest BCUT2D eigenvalue weighted by Gasteiger charge is -2.24. The highest BCUT2D eigenvalue weighted by Crippen LogP contribution is 2.26. The number of aromatic nitrogens is 2. The summed E-state index contributed by atoms with van der Waals surface area (Å²) in [7, 11) is 0. The average molecular weight is 343 g/mol. The molecule has 2 aromatic rings. The molecule has 7 nitrogen and oxygen atoms in total. The van der Waals surface area contributed by atoms with Crippen molar-refractivity contribution in [2.45, 2.75) is 44.8 Å². The van der Waals surface area contributed by atoms with Gasteiger partial charge in [0.15, 0.2) is 5.82 Å². The second-order valence-corrected chi connectivity index (χ2v) is 6.12. The van der Waals surface area contributed by atoms with Crippen LogP contribution in [-0.2, 0) is 11.3 Å². The van der Waals surface area contributed by atoms with Gasteiger partial charge in [-0.1, -0.05) is 18.6 Å². The van der Waals surface area contributed by atoms with Gasteiger partial charge in [-0.25, -0.2) is 0 Å². The van der Waals surface area contributed by atoms with Gasteiger partial charge in [0, 0.05) is 12.3 Å². The Morgan fingerprint density at radius 2 is 1.96 bits per heavy atom. The Bertz CT molecular complexity index is 750. The minimum Gasteiger partial charge on any atom is -0.490 e. The van der Waals surface area contributed by atoms with Crippen LogP contribution >= 0.6 is 0 Å². The SMILES string of the molecule is O=C(O)Cn1ccc(NC(=O)c2ccccc2OC2CCCCC2)n1. The maximum atomic E-state index is 12.6. The molecule has 1 aliphatic rings. The van der Waals surface area contributed by atoms with E-state index < -0.39 is 5.97 Å². The number of ether oxygens (including phenoxy) is 1. The van der Waals surface area contributed by atoms with Gasteiger partial charge in [-0.05, 0) is 37.8 Å². The van der Waals surface area contributed by atoms with Crippen LogP contribution in [-0.4, -0.2) is 32.9 Å².